The van der Waals surface area contributed by atoms with Gasteiger partial charge in [0.25, 0.3) is 0 Å². The van der Waals surface area contributed by atoms with Crippen LogP contribution in [-0.2, 0) is 16.6 Å². The zero-order chi connectivity index (χ0) is 17.5. The molecule has 0 radical (unpaired) electrons. The van der Waals surface area contributed by atoms with Crippen LogP contribution in [0.5, 0.6) is 0 Å². The standard InChI is InChI=1S/C17H18Cl2N2O2S.ClH/c1-21-9-15(14-7-12(18)8-17(19)16(14)10-21)11-4-3-5-13(6-11)20-24(2,22)23;/h3-8,15,20H,9-10H2,1-2H3;1H. The van der Waals surface area contributed by atoms with Crippen LogP contribution in [0.25, 0.3) is 0 Å². The number of nitrogens with zero attached hydrogens (tertiary/aromatic N) is 1. The Bertz CT molecular complexity index is 887. The monoisotopic (exact) mass is 420 g/mol. The number of fused-ring (bicyclic) bond motifs is 1. The molecule has 25 heavy (non-hydrogen) atoms. The summed E-state index contributed by atoms with van der Waals surface area (Å²) in [6.07, 6.45) is 1.14. The Labute approximate surface area is 164 Å². The number of likely N-dealkylation sites (N-methyl/N-ethyl adjacent to an activating group) is 1. The maximum Gasteiger partial charge on any atom is 0.229 e. The van der Waals surface area contributed by atoms with Gasteiger partial charge in [-0.1, -0.05) is 35.3 Å². The average molecular weight is 422 g/mol. The molecule has 1 heterocycles. The molecule has 1 atom stereocenters. The van der Waals surface area contributed by atoms with E-state index >= 15 is 0 Å². The quantitative estimate of drug-likeness (QED) is 0.801. The van der Waals surface area contributed by atoms with Crippen molar-refractivity contribution < 1.29 is 8.42 Å². The molecule has 3 rings (SSSR count). The highest BCUT2D eigenvalue weighted by Crippen LogP contribution is 2.38. The predicted molar refractivity (Wildman–Crippen MR) is 107 cm³/mol. The first-order valence-electron chi connectivity index (χ1n) is 7.47. The highest BCUT2D eigenvalue weighted by molar-refractivity contribution is 7.92. The van der Waals surface area contributed by atoms with Crippen molar-refractivity contribution in [3.05, 3.63) is 63.1 Å². The van der Waals surface area contributed by atoms with Gasteiger partial charge in [0.2, 0.25) is 10.0 Å². The van der Waals surface area contributed by atoms with Crippen molar-refractivity contribution in [3.63, 3.8) is 0 Å². The molecule has 1 unspecified atom stereocenters. The van der Waals surface area contributed by atoms with Crippen LogP contribution in [0.3, 0.4) is 0 Å². The summed E-state index contributed by atoms with van der Waals surface area (Å²) in [6, 6.07) is 11.2. The lowest BCUT2D eigenvalue weighted by Crippen LogP contribution is -2.31. The van der Waals surface area contributed by atoms with Crippen LogP contribution in [0.1, 0.15) is 22.6 Å². The molecule has 2 aromatic carbocycles. The molecular weight excluding hydrogens is 403 g/mol. The Hall–Kier alpha value is -0.980. The Morgan fingerprint density at radius 2 is 1.92 bits per heavy atom. The van der Waals surface area contributed by atoms with Crippen molar-refractivity contribution in [2.45, 2.75) is 12.5 Å². The smallest absolute Gasteiger partial charge is 0.229 e. The fourth-order valence-corrected chi connectivity index (χ4v) is 4.29. The number of rotatable bonds is 3. The van der Waals surface area contributed by atoms with Crippen molar-refractivity contribution in [2.24, 2.45) is 0 Å². The number of nitrogens with one attached hydrogen (secondary N) is 1. The summed E-state index contributed by atoms with van der Waals surface area (Å²) in [5.41, 5.74) is 3.75. The Kier molecular flexibility index (Phi) is 6.28. The number of anilines is 1. The van der Waals surface area contributed by atoms with Crippen molar-refractivity contribution in [1.29, 1.82) is 0 Å². The van der Waals surface area contributed by atoms with E-state index in [1.165, 1.54) is 0 Å². The van der Waals surface area contributed by atoms with Gasteiger partial charge in [-0.05, 0) is 48.0 Å². The first-order chi connectivity index (χ1) is 11.2. The lowest BCUT2D eigenvalue weighted by molar-refractivity contribution is 0.295. The van der Waals surface area contributed by atoms with Gasteiger partial charge in [-0.3, -0.25) is 4.72 Å². The first kappa shape index (κ1) is 20.3. The molecule has 136 valence electrons. The van der Waals surface area contributed by atoms with E-state index in [0.717, 1.165) is 36.0 Å². The molecule has 8 heteroatoms. The molecular formula is C17H19Cl3N2O2S. The number of halogens is 3. The topological polar surface area (TPSA) is 49.4 Å². The molecule has 1 N–H and O–H groups in total. The number of hydrogen-bond donors (Lipinski definition) is 1. The maximum atomic E-state index is 11.5. The number of sulfonamides is 1. The van der Waals surface area contributed by atoms with Gasteiger partial charge in [-0.15, -0.1) is 12.4 Å². The van der Waals surface area contributed by atoms with Crippen molar-refractivity contribution in [2.75, 3.05) is 24.6 Å². The maximum absolute atomic E-state index is 11.5. The van der Waals surface area contributed by atoms with Crippen LogP contribution in [0, 0.1) is 0 Å². The van der Waals surface area contributed by atoms with E-state index in [0.29, 0.717) is 15.7 Å². The summed E-state index contributed by atoms with van der Waals surface area (Å²) in [6.45, 7) is 1.58. The van der Waals surface area contributed by atoms with Crippen molar-refractivity contribution >= 4 is 51.3 Å². The van der Waals surface area contributed by atoms with Crippen molar-refractivity contribution in [1.82, 2.24) is 4.90 Å². The molecule has 1 aliphatic heterocycles. The predicted octanol–water partition coefficient (Wildman–Crippen LogP) is 4.36. The first-order valence-corrected chi connectivity index (χ1v) is 10.1. The average Bonchev–Trinajstić information content (AvgIpc) is 2.46. The van der Waals surface area contributed by atoms with E-state index in [1.807, 2.05) is 31.3 Å². The van der Waals surface area contributed by atoms with Crippen LogP contribution in [0.15, 0.2) is 36.4 Å². The van der Waals surface area contributed by atoms with E-state index in [9.17, 15) is 8.42 Å². The zero-order valence-corrected chi connectivity index (χ0v) is 16.9. The summed E-state index contributed by atoms with van der Waals surface area (Å²) in [7, 11) is -1.27. The van der Waals surface area contributed by atoms with Gasteiger partial charge in [0, 0.05) is 34.7 Å². The van der Waals surface area contributed by atoms with Crippen LogP contribution in [0.4, 0.5) is 5.69 Å². The Balaban J connectivity index is 0.00000225. The molecule has 0 spiro atoms. The van der Waals surface area contributed by atoms with E-state index in [2.05, 4.69) is 9.62 Å². The van der Waals surface area contributed by atoms with Crippen LogP contribution in [0.2, 0.25) is 10.0 Å². The molecule has 0 aliphatic carbocycles. The molecule has 0 amide bonds. The third kappa shape index (κ3) is 4.80. The minimum atomic E-state index is -3.31. The minimum absolute atomic E-state index is 0. The molecule has 0 saturated carbocycles. The zero-order valence-electron chi connectivity index (χ0n) is 13.8. The highest BCUT2D eigenvalue weighted by atomic mass is 35.5. The summed E-state index contributed by atoms with van der Waals surface area (Å²) < 4.78 is 25.5. The van der Waals surface area contributed by atoms with E-state index in [1.54, 1.807) is 12.1 Å². The summed E-state index contributed by atoms with van der Waals surface area (Å²) in [5, 5.41) is 1.28. The lowest BCUT2D eigenvalue weighted by Gasteiger charge is -2.33. The fraction of sp³-hybridized carbons (Fsp3) is 0.294. The summed E-state index contributed by atoms with van der Waals surface area (Å²) in [5.74, 6) is 0.0799. The van der Waals surface area contributed by atoms with Crippen LogP contribution in [-0.4, -0.2) is 33.2 Å². The van der Waals surface area contributed by atoms with Gasteiger partial charge in [-0.25, -0.2) is 8.42 Å². The molecule has 0 aromatic heterocycles. The molecule has 0 fully saturated rings. The summed E-state index contributed by atoms with van der Waals surface area (Å²) in [4.78, 5) is 2.20. The Morgan fingerprint density at radius 1 is 1.20 bits per heavy atom. The Morgan fingerprint density at radius 3 is 2.60 bits per heavy atom. The van der Waals surface area contributed by atoms with Gasteiger partial charge >= 0.3 is 0 Å². The van der Waals surface area contributed by atoms with E-state index < -0.39 is 10.0 Å². The molecule has 1 aliphatic rings. The minimum Gasteiger partial charge on any atom is -0.301 e. The van der Waals surface area contributed by atoms with E-state index in [4.69, 9.17) is 23.2 Å². The molecule has 2 aromatic rings. The number of hydrogen-bond acceptors (Lipinski definition) is 3. The van der Waals surface area contributed by atoms with Gasteiger partial charge in [-0.2, -0.15) is 0 Å². The lowest BCUT2D eigenvalue weighted by atomic mass is 9.84. The van der Waals surface area contributed by atoms with Gasteiger partial charge in [0.1, 0.15) is 0 Å². The van der Waals surface area contributed by atoms with Gasteiger partial charge < -0.3 is 4.90 Å². The normalized spacial score (nSPS) is 17.5. The number of benzene rings is 2. The van der Waals surface area contributed by atoms with E-state index in [-0.39, 0.29) is 18.3 Å². The SMILES string of the molecule is CN1Cc2c(Cl)cc(Cl)cc2C(c2cccc(NS(C)(=O)=O)c2)C1.Cl. The second-order valence-electron chi connectivity index (χ2n) is 6.20. The fourth-order valence-electron chi connectivity index (χ4n) is 3.16. The van der Waals surface area contributed by atoms with Gasteiger partial charge in [0.05, 0.1) is 6.26 Å². The van der Waals surface area contributed by atoms with Crippen LogP contribution < -0.4 is 4.72 Å². The highest BCUT2D eigenvalue weighted by Gasteiger charge is 2.27. The summed E-state index contributed by atoms with van der Waals surface area (Å²) >= 11 is 12.6. The molecule has 4 nitrogen and oxygen atoms in total. The van der Waals surface area contributed by atoms with Crippen LogP contribution >= 0.6 is 35.6 Å². The largest absolute Gasteiger partial charge is 0.301 e. The molecule has 0 bridgehead atoms. The van der Waals surface area contributed by atoms with Crippen molar-refractivity contribution in [3.8, 4) is 0 Å². The van der Waals surface area contributed by atoms with Gasteiger partial charge in [0.15, 0.2) is 0 Å². The molecule has 0 saturated heterocycles. The third-order valence-electron chi connectivity index (χ3n) is 4.08. The second kappa shape index (κ2) is 7.72. The second-order valence-corrected chi connectivity index (χ2v) is 8.80. The third-order valence-corrected chi connectivity index (χ3v) is 5.25.